The van der Waals surface area contributed by atoms with Gasteiger partial charge in [0.15, 0.2) is 11.5 Å². The summed E-state index contributed by atoms with van der Waals surface area (Å²) in [6, 6.07) is 9.91. The zero-order valence-corrected chi connectivity index (χ0v) is 12.4. The third kappa shape index (κ3) is 3.96. The summed E-state index contributed by atoms with van der Waals surface area (Å²) in [4.78, 5) is 4.08. The van der Waals surface area contributed by atoms with Gasteiger partial charge in [0.05, 0.1) is 13.7 Å². The summed E-state index contributed by atoms with van der Waals surface area (Å²) in [6.07, 6.45) is 4.46. The fourth-order valence-corrected chi connectivity index (χ4v) is 2.09. The van der Waals surface area contributed by atoms with E-state index < -0.39 is 0 Å². The van der Waals surface area contributed by atoms with Gasteiger partial charge in [-0.15, -0.1) is 0 Å². The highest BCUT2D eigenvalue weighted by Crippen LogP contribution is 2.28. The number of hydrogen-bond donors (Lipinski definition) is 0. The van der Waals surface area contributed by atoms with Crippen LogP contribution in [0.15, 0.2) is 42.7 Å². The predicted molar refractivity (Wildman–Crippen MR) is 79.1 cm³/mol. The van der Waals surface area contributed by atoms with Crippen LogP contribution >= 0.6 is 15.9 Å². The Morgan fingerprint density at radius 3 is 2.74 bits per heavy atom. The minimum absolute atomic E-state index is 0.605. The molecule has 0 radical (unpaired) electrons. The largest absolute Gasteiger partial charge is 0.493 e. The van der Waals surface area contributed by atoms with Crippen molar-refractivity contribution in [2.45, 2.75) is 11.8 Å². The molecule has 0 aliphatic carbocycles. The smallest absolute Gasteiger partial charge is 0.161 e. The molecule has 0 unspecified atom stereocenters. The van der Waals surface area contributed by atoms with Gasteiger partial charge in [0, 0.05) is 24.1 Å². The van der Waals surface area contributed by atoms with E-state index in [2.05, 4.69) is 20.9 Å². The Balaban J connectivity index is 1.98. The van der Waals surface area contributed by atoms with Crippen molar-refractivity contribution in [3.8, 4) is 11.5 Å². The first-order valence-corrected chi connectivity index (χ1v) is 7.20. The number of pyridine rings is 1. The molecule has 0 amide bonds. The Labute approximate surface area is 121 Å². The van der Waals surface area contributed by atoms with E-state index in [1.165, 1.54) is 0 Å². The Hall–Kier alpha value is -1.55. The summed E-state index contributed by atoms with van der Waals surface area (Å²) >= 11 is 3.44. The van der Waals surface area contributed by atoms with Crippen LogP contribution in [0.25, 0.3) is 0 Å². The molecule has 1 heterocycles. The van der Waals surface area contributed by atoms with Crippen molar-refractivity contribution in [1.82, 2.24) is 4.98 Å². The van der Waals surface area contributed by atoms with Gasteiger partial charge in [-0.25, -0.2) is 0 Å². The Morgan fingerprint density at radius 1 is 1.16 bits per heavy atom. The van der Waals surface area contributed by atoms with Crippen molar-refractivity contribution in [3.63, 3.8) is 0 Å². The van der Waals surface area contributed by atoms with Crippen LogP contribution < -0.4 is 9.47 Å². The maximum absolute atomic E-state index is 5.80. The summed E-state index contributed by atoms with van der Waals surface area (Å²) in [5, 5.41) is 0.802. The molecule has 3 nitrogen and oxygen atoms in total. The highest BCUT2D eigenvalue weighted by atomic mass is 79.9. The van der Waals surface area contributed by atoms with E-state index in [4.69, 9.17) is 9.47 Å². The van der Waals surface area contributed by atoms with Crippen molar-refractivity contribution >= 4 is 15.9 Å². The molecule has 0 spiro atoms. The van der Waals surface area contributed by atoms with E-state index in [0.29, 0.717) is 6.61 Å². The first-order valence-electron chi connectivity index (χ1n) is 6.08. The number of ether oxygens (including phenoxy) is 2. The fraction of sp³-hybridized carbons (Fsp3) is 0.267. The first-order chi connectivity index (χ1) is 9.33. The van der Waals surface area contributed by atoms with Gasteiger partial charge in [0.2, 0.25) is 0 Å². The Bertz CT molecular complexity index is 517. The fourth-order valence-electron chi connectivity index (χ4n) is 1.74. The Morgan fingerprint density at radius 2 is 2.05 bits per heavy atom. The van der Waals surface area contributed by atoms with Gasteiger partial charge in [-0.2, -0.15) is 0 Å². The monoisotopic (exact) mass is 321 g/mol. The lowest BCUT2D eigenvalue weighted by Crippen LogP contribution is -2.03. The lowest BCUT2D eigenvalue weighted by Gasteiger charge is -2.11. The molecule has 2 aromatic rings. The summed E-state index contributed by atoms with van der Waals surface area (Å²) in [7, 11) is 1.65. The molecule has 1 aromatic carbocycles. The minimum atomic E-state index is 0.605. The molecule has 0 N–H and O–H groups in total. The third-order valence-electron chi connectivity index (χ3n) is 2.75. The second kappa shape index (κ2) is 7.14. The molecule has 0 aliphatic rings. The van der Waals surface area contributed by atoms with Crippen molar-refractivity contribution in [1.29, 1.82) is 0 Å². The van der Waals surface area contributed by atoms with Crippen LogP contribution in [0.3, 0.4) is 0 Å². The average molecular weight is 322 g/mol. The van der Waals surface area contributed by atoms with Crippen LogP contribution in [0.1, 0.15) is 11.1 Å². The lowest BCUT2D eigenvalue weighted by atomic mass is 10.2. The summed E-state index contributed by atoms with van der Waals surface area (Å²) in [5.74, 6) is 1.54. The average Bonchev–Trinajstić information content (AvgIpc) is 2.48. The molecule has 19 heavy (non-hydrogen) atoms. The van der Waals surface area contributed by atoms with Gasteiger partial charge in [-0.05, 0) is 29.3 Å². The molecule has 0 atom stereocenters. The van der Waals surface area contributed by atoms with E-state index in [1.54, 1.807) is 13.3 Å². The molecular weight excluding hydrogens is 306 g/mol. The number of halogens is 1. The van der Waals surface area contributed by atoms with E-state index >= 15 is 0 Å². The van der Waals surface area contributed by atoms with Crippen molar-refractivity contribution in [3.05, 3.63) is 53.9 Å². The molecule has 0 aliphatic heterocycles. The third-order valence-corrected chi connectivity index (χ3v) is 3.40. The molecular formula is C15H16BrNO2. The second-order valence-corrected chi connectivity index (χ2v) is 4.64. The topological polar surface area (TPSA) is 31.4 Å². The molecule has 1 aromatic heterocycles. The highest BCUT2D eigenvalue weighted by Gasteiger charge is 2.05. The maximum Gasteiger partial charge on any atom is 0.161 e. The van der Waals surface area contributed by atoms with Gasteiger partial charge < -0.3 is 9.47 Å². The Kier molecular flexibility index (Phi) is 5.21. The summed E-state index contributed by atoms with van der Waals surface area (Å²) in [6.45, 7) is 0.605. The normalized spacial score (nSPS) is 10.2. The van der Waals surface area contributed by atoms with Crippen LogP contribution in [-0.2, 0) is 11.8 Å². The summed E-state index contributed by atoms with van der Waals surface area (Å²) < 4.78 is 11.1. The number of hydrogen-bond acceptors (Lipinski definition) is 3. The van der Waals surface area contributed by atoms with Crippen molar-refractivity contribution in [2.75, 3.05) is 13.7 Å². The number of alkyl halides is 1. The summed E-state index contributed by atoms with van der Waals surface area (Å²) in [5.41, 5.74) is 2.33. The van der Waals surface area contributed by atoms with Crippen molar-refractivity contribution < 1.29 is 9.47 Å². The molecule has 2 rings (SSSR count). The number of benzene rings is 1. The quantitative estimate of drug-likeness (QED) is 0.762. The molecule has 0 saturated heterocycles. The zero-order valence-electron chi connectivity index (χ0n) is 10.8. The second-order valence-electron chi connectivity index (χ2n) is 4.08. The predicted octanol–water partition coefficient (Wildman–Crippen LogP) is 3.61. The van der Waals surface area contributed by atoms with Gasteiger partial charge in [-0.3, -0.25) is 4.98 Å². The molecule has 0 bridgehead atoms. The van der Waals surface area contributed by atoms with Crippen LogP contribution in [-0.4, -0.2) is 18.7 Å². The number of aromatic nitrogens is 1. The van der Waals surface area contributed by atoms with Crippen LogP contribution in [0.4, 0.5) is 0 Å². The van der Waals surface area contributed by atoms with E-state index in [1.807, 2.05) is 36.5 Å². The van der Waals surface area contributed by atoms with E-state index in [-0.39, 0.29) is 0 Å². The first kappa shape index (κ1) is 13.9. The van der Waals surface area contributed by atoms with Crippen molar-refractivity contribution in [2.24, 2.45) is 0 Å². The van der Waals surface area contributed by atoms with Gasteiger partial charge >= 0.3 is 0 Å². The van der Waals surface area contributed by atoms with Crippen LogP contribution in [0, 0.1) is 0 Å². The van der Waals surface area contributed by atoms with Crippen LogP contribution in [0.5, 0.6) is 11.5 Å². The van der Waals surface area contributed by atoms with E-state index in [9.17, 15) is 0 Å². The maximum atomic E-state index is 5.80. The zero-order chi connectivity index (χ0) is 13.5. The minimum Gasteiger partial charge on any atom is -0.493 e. The number of rotatable bonds is 6. The SMILES string of the molecule is COc1ccc(CBr)cc1OCCc1cccnc1. The van der Waals surface area contributed by atoms with Gasteiger partial charge in [0.25, 0.3) is 0 Å². The number of nitrogens with zero attached hydrogens (tertiary/aromatic N) is 1. The molecule has 0 fully saturated rings. The van der Waals surface area contributed by atoms with E-state index in [0.717, 1.165) is 34.4 Å². The molecule has 0 saturated carbocycles. The van der Waals surface area contributed by atoms with Gasteiger partial charge in [-0.1, -0.05) is 28.1 Å². The van der Waals surface area contributed by atoms with Gasteiger partial charge in [0.1, 0.15) is 0 Å². The molecule has 100 valence electrons. The highest BCUT2D eigenvalue weighted by molar-refractivity contribution is 9.08. The standard InChI is InChI=1S/C15H16BrNO2/c1-18-14-5-4-13(10-16)9-15(14)19-8-6-12-3-2-7-17-11-12/h2-5,7,9,11H,6,8,10H2,1H3. The van der Waals surface area contributed by atoms with Crippen LogP contribution in [0.2, 0.25) is 0 Å². The lowest BCUT2D eigenvalue weighted by molar-refractivity contribution is 0.297. The number of methoxy groups -OCH3 is 1. The molecule has 4 heteroatoms.